The van der Waals surface area contributed by atoms with Crippen LogP contribution < -0.4 is 4.72 Å². The molecule has 0 spiro atoms. The Morgan fingerprint density at radius 2 is 2.11 bits per heavy atom. The Morgan fingerprint density at radius 3 is 2.58 bits per heavy atom. The lowest BCUT2D eigenvalue weighted by Crippen LogP contribution is -2.40. The van der Waals surface area contributed by atoms with Gasteiger partial charge in [-0.05, 0) is 36.5 Å². The fraction of sp³-hybridized carbons (Fsp3) is 0.917. The van der Waals surface area contributed by atoms with E-state index in [0.717, 1.165) is 19.1 Å². The van der Waals surface area contributed by atoms with Gasteiger partial charge in [0, 0.05) is 11.8 Å². The van der Waals surface area contributed by atoms with E-state index in [1.807, 2.05) is 0 Å². The Balaban J connectivity index is 1.99. The first-order valence-corrected chi connectivity index (χ1v) is 8.97. The summed E-state index contributed by atoms with van der Waals surface area (Å²) in [6.45, 7) is 2.20. The number of rotatable bonds is 5. The summed E-state index contributed by atoms with van der Waals surface area (Å²) in [5, 5.41) is 9.20. The number of carbonyl (C=O) groups is 1. The van der Waals surface area contributed by atoms with Crippen molar-refractivity contribution in [2.45, 2.75) is 25.0 Å². The standard InChI is InChI=1S/C12H21NO4S2/c1-6(12(14)15)10-7-3-8(5-13-19(2,16)17)9(4-7)11(10)18/h6-11,13,18H,3-5H2,1-2H3,(H,14,15). The van der Waals surface area contributed by atoms with E-state index in [9.17, 15) is 13.2 Å². The molecule has 0 radical (unpaired) electrons. The first-order valence-electron chi connectivity index (χ1n) is 6.56. The van der Waals surface area contributed by atoms with Crippen LogP contribution in [-0.2, 0) is 14.8 Å². The molecule has 0 aromatic carbocycles. The minimum atomic E-state index is -3.16. The maximum atomic E-state index is 11.1. The molecular formula is C12H21NO4S2. The fourth-order valence-electron chi connectivity index (χ4n) is 3.86. The zero-order chi connectivity index (χ0) is 14.4. The summed E-state index contributed by atoms with van der Waals surface area (Å²) in [5.74, 6) is -0.0390. The third-order valence-electron chi connectivity index (χ3n) is 4.74. The lowest BCUT2D eigenvalue weighted by molar-refractivity contribution is -0.143. The highest BCUT2D eigenvalue weighted by Gasteiger charge is 2.53. The summed E-state index contributed by atoms with van der Waals surface area (Å²) >= 11 is 4.61. The van der Waals surface area contributed by atoms with Gasteiger partial charge in [-0.15, -0.1) is 0 Å². The summed E-state index contributed by atoms with van der Waals surface area (Å²) in [6.07, 6.45) is 3.05. The number of sulfonamides is 1. The smallest absolute Gasteiger partial charge is 0.306 e. The van der Waals surface area contributed by atoms with E-state index in [2.05, 4.69) is 17.4 Å². The molecule has 2 aliphatic rings. The van der Waals surface area contributed by atoms with Crippen molar-refractivity contribution in [1.29, 1.82) is 0 Å². The highest BCUT2D eigenvalue weighted by molar-refractivity contribution is 7.88. The molecule has 6 atom stereocenters. The molecule has 0 aliphatic heterocycles. The van der Waals surface area contributed by atoms with Gasteiger partial charge in [-0.2, -0.15) is 12.6 Å². The molecule has 5 nitrogen and oxygen atoms in total. The van der Waals surface area contributed by atoms with Gasteiger partial charge in [0.25, 0.3) is 0 Å². The molecule has 0 saturated heterocycles. The largest absolute Gasteiger partial charge is 0.481 e. The second-order valence-corrected chi connectivity index (χ2v) is 8.40. The highest BCUT2D eigenvalue weighted by atomic mass is 32.2. The van der Waals surface area contributed by atoms with Crippen LogP contribution in [0, 0.1) is 29.6 Å². The minimum Gasteiger partial charge on any atom is -0.481 e. The molecule has 0 aromatic rings. The van der Waals surface area contributed by atoms with E-state index in [-0.39, 0.29) is 17.1 Å². The van der Waals surface area contributed by atoms with Gasteiger partial charge in [-0.1, -0.05) is 6.92 Å². The third kappa shape index (κ3) is 3.08. The summed E-state index contributed by atoms with van der Waals surface area (Å²) in [6, 6.07) is 0. The summed E-state index contributed by atoms with van der Waals surface area (Å²) in [4.78, 5) is 11.1. The van der Waals surface area contributed by atoms with Crippen molar-refractivity contribution in [2.75, 3.05) is 12.8 Å². The van der Waals surface area contributed by atoms with E-state index < -0.39 is 16.0 Å². The van der Waals surface area contributed by atoms with Crippen LogP contribution in [0.3, 0.4) is 0 Å². The zero-order valence-corrected chi connectivity index (χ0v) is 12.8. The number of hydrogen-bond donors (Lipinski definition) is 3. The molecule has 2 fully saturated rings. The molecule has 2 rings (SSSR count). The van der Waals surface area contributed by atoms with Crippen LogP contribution in [0.4, 0.5) is 0 Å². The van der Waals surface area contributed by atoms with Crippen LogP contribution in [0.15, 0.2) is 0 Å². The molecule has 0 heterocycles. The first kappa shape index (κ1) is 15.1. The number of hydrogen-bond acceptors (Lipinski definition) is 4. The van der Waals surface area contributed by atoms with Crippen molar-refractivity contribution in [3.8, 4) is 0 Å². The van der Waals surface area contributed by atoms with Crippen LogP contribution in [0.5, 0.6) is 0 Å². The fourth-order valence-corrected chi connectivity index (χ4v) is 5.24. The van der Waals surface area contributed by atoms with Crippen LogP contribution in [0.1, 0.15) is 19.8 Å². The molecule has 19 heavy (non-hydrogen) atoms. The average molecular weight is 307 g/mol. The Bertz CT molecular complexity index is 462. The quantitative estimate of drug-likeness (QED) is 0.657. The van der Waals surface area contributed by atoms with Crippen LogP contribution in [0.25, 0.3) is 0 Å². The molecule has 2 aliphatic carbocycles. The average Bonchev–Trinajstić information content (AvgIpc) is 2.81. The number of carboxylic acids is 1. The lowest BCUT2D eigenvalue weighted by atomic mass is 9.76. The van der Waals surface area contributed by atoms with Crippen LogP contribution >= 0.6 is 12.6 Å². The van der Waals surface area contributed by atoms with Crippen molar-refractivity contribution >= 4 is 28.6 Å². The minimum absolute atomic E-state index is 0.0659. The van der Waals surface area contributed by atoms with E-state index >= 15 is 0 Å². The normalized spacial score (nSPS) is 39.4. The molecule has 2 N–H and O–H groups in total. The van der Waals surface area contributed by atoms with Crippen molar-refractivity contribution in [3.63, 3.8) is 0 Å². The number of aliphatic carboxylic acids is 1. The second kappa shape index (κ2) is 5.26. The lowest BCUT2D eigenvalue weighted by Gasteiger charge is -2.35. The van der Waals surface area contributed by atoms with E-state index in [0.29, 0.717) is 24.3 Å². The van der Waals surface area contributed by atoms with Gasteiger partial charge in [0.2, 0.25) is 10.0 Å². The Hall–Kier alpha value is -0.270. The summed E-state index contributed by atoms with van der Waals surface area (Å²) < 4.78 is 24.8. The molecule has 7 heteroatoms. The van der Waals surface area contributed by atoms with E-state index in [4.69, 9.17) is 5.11 Å². The predicted molar refractivity (Wildman–Crippen MR) is 75.6 cm³/mol. The van der Waals surface area contributed by atoms with Gasteiger partial charge in [0.15, 0.2) is 0 Å². The van der Waals surface area contributed by atoms with Gasteiger partial charge in [0.05, 0.1) is 12.2 Å². The molecule has 0 amide bonds. The Kier molecular flexibility index (Phi) is 4.18. The van der Waals surface area contributed by atoms with Gasteiger partial charge in [-0.3, -0.25) is 4.79 Å². The molecular weight excluding hydrogens is 286 g/mol. The van der Waals surface area contributed by atoms with Gasteiger partial charge in [-0.25, -0.2) is 13.1 Å². The molecule has 110 valence electrons. The second-order valence-electron chi connectivity index (χ2n) is 5.97. The maximum absolute atomic E-state index is 11.1. The summed E-state index contributed by atoms with van der Waals surface area (Å²) in [7, 11) is -3.16. The van der Waals surface area contributed by atoms with Gasteiger partial charge in [0.1, 0.15) is 0 Å². The SMILES string of the molecule is CC(C(=O)O)C1C2CC(CNS(C)(=O)=O)C(C2)C1S. The summed E-state index contributed by atoms with van der Waals surface area (Å²) in [5.41, 5.74) is 0. The van der Waals surface area contributed by atoms with Gasteiger partial charge < -0.3 is 5.11 Å². The molecule has 2 bridgehead atoms. The predicted octanol–water partition coefficient (Wildman–Crippen LogP) is 0.827. The third-order valence-corrected chi connectivity index (χ3v) is 6.16. The maximum Gasteiger partial charge on any atom is 0.306 e. The highest BCUT2D eigenvalue weighted by Crippen LogP contribution is 2.56. The topological polar surface area (TPSA) is 83.5 Å². The zero-order valence-electron chi connectivity index (χ0n) is 11.1. The van der Waals surface area contributed by atoms with E-state index in [1.54, 1.807) is 6.92 Å². The van der Waals surface area contributed by atoms with Crippen molar-refractivity contribution < 1.29 is 18.3 Å². The van der Waals surface area contributed by atoms with E-state index in [1.165, 1.54) is 0 Å². The van der Waals surface area contributed by atoms with Gasteiger partial charge >= 0.3 is 5.97 Å². The number of thiol groups is 1. The monoisotopic (exact) mass is 307 g/mol. The number of carboxylic acid groups (broad SMARTS) is 1. The van der Waals surface area contributed by atoms with Crippen molar-refractivity contribution in [1.82, 2.24) is 4.72 Å². The van der Waals surface area contributed by atoms with Crippen LogP contribution in [-0.4, -0.2) is 37.5 Å². The Labute approximate surface area is 119 Å². The Morgan fingerprint density at radius 1 is 1.47 bits per heavy atom. The molecule has 2 saturated carbocycles. The van der Waals surface area contributed by atoms with Crippen molar-refractivity contribution in [3.05, 3.63) is 0 Å². The first-order chi connectivity index (χ1) is 8.70. The number of fused-ring (bicyclic) bond motifs is 2. The van der Waals surface area contributed by atoms with Crippen LogP contribution in [0.2, 0.25) is 0 Å². The molecule has 6 unspecified atom stereocenters. The number of nitrogens with one attached hydrogen (secondary N) is 1. The van der Waals surface area contributed by atoms with Crippen molar-refractivity contribution in [2.24, 2.45) is 29.6 Å². The molecule has 0 aromatic heterocycles.